The average molecular weight is 377 g/mol. The highest BCUT2D eigenvalue weighted by Gasteiger charge is 2.17. The molecule has 0 aliphatic rings. The van der Waals surface area contributed by atoms with Gasteiger partial charge in [0.15, 0.2) is 11.6 Å². The number of nitrogens with zero attached hydrogens (tertiary/aromatic N) is 1. The SMILES string of the molecule is COc1ccccc1CCC(=O)N(CCC(=O)O)Cc1ccc(F)c(F)c1. The maximum atomic E-state index is 13.4. The molecule has 2 rings (SSSR count). The van der Waals surface area contributed by atoms with Crippen molar-refractivity contribution in [1.29, 1.82) is 0 Å². The van der Waals surface area contributed by atoms with Gasteiger partial charge in [0.2, 0.25) is 5.91 Å². The van der Waals surface area contributed by atoms with Gasteiger partial charge >= 0.3 is 5.97 Å². The van der Waals surface area contributed by atoms with E-state index in [1.807, 2.05) is 18.2 Å². The molecule has 7 heteroatoms. The molecule has 144 valence electrons. The van der Waals surface area contributed by atoms with Crippen LogP contribution in [0.2, 0.25) is 0 Å². The molecule has 2 aromatic carbocycles. The van der Waals surface area contributed by atoms with E-state index in [1.165, 1.54) is 11.0 Å². The van der Waals surface area contributed by atoms with Gasteiger partial charge in [-0.15, -0.1) is 0 Å². The Kier molecular flexibility index (Phi) is 7.28. The number of benzene rings is 2. The minimum atomic E-state index is -1.04. The van der Waals surface area contributed by atoms with E-state index < -0.39 is 17.6 Å². The fraction of sp³-hybridized carbons (Fsp3) is 0.300. The van der Waals surface area contributed by atoms with Crippen molar-refractivity contribution in [3.8, 4) is 5.75 Å². The number of carboxylic acids is 1. The minimum Gasteiger partial charge on any atom is -0.496 e. The molecule has 0 radical (unpaired) electrons. The molecule has 27 heavy (non-hydrogen) atoms. The van der Waals surface area contributed by atoms with E-state index in [2.05, 4.69) is 0 Å². The summed E-state index contributed by atoms with van der Waals surface area (Å²) in [5.74, 6) is -2.62. The monoisotopic (exact) mass is 377 g/mol. The minimum absolute atomic E-state index is 0.00916. The highest BCUT2D eigenvalue weighted by atomic mass is 19.2. The summed E-state index contributed by atoms with van der Waals surface area (Å²) in [7, 11) is 1.54. The summed E-state index contributed by atoms with van der Waals surface area (Å²) in [6.07, 6.45) is 0.331. The number of hydrogen-bond acceptors (Lipinski definition) is 3. The fourth-order valence-corrected chi connectivity index (χ4v) is 2.69. The molecule has 0 fully saturated rings. The third kappa shape index (κ3) is 6.06. The molecule has 5 nitrogen and oxygen atoms in total. The largest absolute Gasteiger partial charge is 0.496 e. The van der Waals surface area contributed by atoms with Crippen molar-refractivity contribution in [1.82, 2.24) is 4.90 Å². The van der Waals surface area contributed by atoms with Crippen molar-refractivity contribution in [3.63, 3.8) is 0 Å². The van der Waals surface area contributed by atoms with Crippen LogP contribution < -0.4 is 4.74 Å². The summed E-state index contributed by atoms with van der Waals surface area (Å²) in [5, 5.41) is 8.90. The first-order valence-corrected chi connectivity index (χ1v) is 8.46. The molecule has 0 aromatic heterocycles. The van der Waals surface area contributed by atoms with Gasteiger partial charge in [-0.3, -0.25) is 9.59 Å². The van der Waals surface area contributed by atoms with Crippen molar-refractivity contribution < 1.29 is 28.2 Å². The third-order valence-electron chi connectivity index (χ3n) is 4.11. The zero-order valence-corrected chi connectivity index (χ0v) is 15.0. The molecule has 0 spiro atoms. The number of hydrogen-bond donors (Lipinski definition) is 1. The summed E-state index contributed by atoms with van der Waals surface area (Å²) in [5.41, 5.74) is 1.25. The van der Waals surface area contributed by atoms with Crippen LogP contribution in [0.4, 0.5) is 8.78 Å². The normalized spacial score (nSPS) is 10.5. The number of aliphatic carboxylic acids is 1. The lowest BCUT2D eigenvalue weighted by Gasteiger charge is -2.22. The molecule has 2 aromatic rings. The molecule has 1 N–H and O–H groups in total. The number of aryl methyl sites for hydroxylation is 1. The molecule has 0 unspecified atom stereocenters. The Labute approximate surface area is 156 Å². The maximum Gasteiger partial charge on any atom is 0.305 e. The number of carboxylic acid groups (broad SMARTS) is 1. The van der Waals surface area contributed by atoms with Crippen LogP contribution in [0.1, 0.15) is 24.0 Å². The Morgan fingerprint density at radius 2 is 1.81 bits per heavy atom. The lowest BCUT2D eigenvalue weighted by Crippen LogP contribution is -2.32. The van der Waals surface area contributed by atoms with Crippen LogP contribution in [0.3, 0.4) is 0 Å². The standard InChI is InChI=1S/C20H21F2NO4/c1-27-18-5-3-2-4-15(18)7-9-19(24)23(11-10-20(25)26)13-14-6-8-16(21)17(22)12-14/h2-6,8,12H,7,9-11,13H2,1H3,(H,25,26). The van der Waals surface area contributed by atoms with E-state index in [4.69, 9.17) is 9.84 Å². The molecule has 0 atom stereocenters. The number of carbonyl (C=O) groups excluding carboxylic acids is 1. The van der Waals surface area contributed by atoms with Crippen molar-refractivity contribution >= 4 is 11.9 Å². The highest BCUT2D eigenvalue weighted by Crippen LogP contribution is 2.20. The van der Waals surface area contributed by atoms with Gasteiger partial charge in [0.1, 0.15) is 5.75 Å². The van der Waals surface area contributed by atoms with Crippen LogP contribution in [0.5, 0.6) is 5.75 Å². The third-order valence-corrected chi connectivity index (χ3v) is 4.11. The number of rotatable bonds is 9. The molecular formula is C20H21F2NO4. The van der Waals surface area contributed by atoms with Gasteiger partial charge in [-0.2, -0.15) is 0 Å². The Bertz CT molecular complexity index is 810. The summed E-state index contributed by atoms with van der Waals surface area (Å²) in [6.45, 7) is -0.00563. The summed E-state index contributed by atoms with van der Waals surface area (Å²) in [4.78, 5) is 24.8. The van der Waals surface area contributed by atoms with Crippen molar-refractivity contribution in [2.45, 2.75) is 25.8 Å². The lowest BCUT2D eigenvalue weighted by atomic mass is 10.1. The second kappa shape index (κ2) is 9.66. The summed E-state index contributed by atoms with van der Waals surface area (Å²) >= 11 is 0. The van der Waals surface area contributed by atoms with Gasteiger partial charge in [0, 0.05) is 19.5 Å². The molecule has 0 saturated carbocycles. The summed E-state index contributed by atoms with van der Waals surface area (Å²) < 4.78 is 31.8. The first-order valence-electron chi connectivity index (χ1n) is 8.46. The van der Waals surface area contributed by atoms with Crippen LogP contribution in [-0.4, -0.2) is 35.5 Å². The second-order valence-corrected chi connectivity index (χ2v) is 6.02. The van der Waals surface area contributed by atoms with Gasteiger partial charge in [-0.25, -0.2) is 8.78 Å². The van der Waals surface area contributed by atoms with E-state index in [0.717, 1.165) is 17.7 Å². The molecule has 0 heterocycles. The number of para-hydroxylation sites is 1. The number of amides is 1. The van der Waals surface area contributed by atoms with E-state index in [-0.39, 0.29) is 31.8 Å². The van der Waals surface area contributed by atoms with Crippen molar-refractivity contribution in [2.75, 3.05) is 13.7 Å². The first kappa shape index (κ1) is 20.4. The predicted molar refractivity (Wildman–Crippen MR) is 95.3 cm³/mol. The van der Waals surface area contributed by atoms with Gasteiger partial charge in [-0.1, -0.05) is 24.3 Å². The number of halogens is 2. The number of methoxy groups -OCH3 is 1. The van der Waals surface area contributed by atoms with Gasteiger partial charge < -0.3 is 14.7 Å². The van der Waals surface area contributed by atoms with Gasteiger partial charge in [0.05, 0.1) is 13.5 Å². The van der Waals surface area contributed by atoms with Crippen LogP contribution >= 0.6 is 0 Å². The van der Waals surface area contributed by atoms with Crippen LogP contribution in [0.25, 0.3) is 0 Å². The molecular weight excluding hydrogens is 356 g/mol. The van der Waals surface area contributed by atoms with Gasteiger partial charge in [-0.05, 0) is 35.7 Å². The topological polar surface area (TPSA) is 66.8 Å². The fourth-order valence-electron chi connectivity index (χ4n) is 2.69. The molecule has 1 amide bonds. The van der Waals surface area contributed by atoms with Crippen molar-refractivity contribution in [2.24, 2.45) is 0 Å². The van der Waals surface area contributed by atoms with Gasteiger partial charge in [0.25, 0.3) is 0 Å². The van der Waals surface area contributed by atoms with Crippen LogP contribution in [0.15, 0.2) is 42.5 Å². The summed E-state index contributed by atoms with van der Waals surface area (Å²) in [6, 6.07) is 10.7. The molecule has 0 saturated heterocycles. The number of carbonyl (C=O) groups is 2. The average Bonchev–Trinajstić information content (AvgIpc) is 2.66. The zero-order valence-electron chi connectivity index (χ0n) is 15.0. The van der Waals surface area contributed by atoms with Crippen molar-refractivity contribution in [3.05, 3.63) is 65.2 Å². The van der Waals surface area contributed by atoms with E-state index in [0.29, 0.717) is 17.7 Å². The maximum absolute atomic E-state index is 13.4. The highest BCUT2D eigenvalue weighted by molar-refractivity contribution is 5.77. The Hall–Kier alpha value is -2.96. The zero-order chi connectivity index (χ0) is 19.8. The van der Waals surface area contributed by atoms with E-state index in [1.54, 1.807) is 13.2 Å². The predicted octanol–water partition coefficient (Wildman–Crippen LogP) is 3.41. The van der Waals surface area contributed by atoms with E-state index >= 15 is 0 Å². The van der Waals surface area contributed by atoms with Crippen LogP contribution in [0, 0.1) is 11.6 Å². The molecule has 0 aliphatic heterocycles. The second-order valence-electron chi connectivity index (χ2n) is 6.02. The lowest BCUT2D eigenvalue weighted by molar-refractivity contribution is -0.138. The smallest absolute Gasteiger partial charge is 0.305 e. The Morgan fingerprint density at radius 3 is 2.48 bits per heavy atom. The van der Waals surface area contributed by atoms with Crippen LogP contribution in [-0.2, 0) is 22.6 Å². The van der Waals surface area contributed by atoms with E-state index in [9.17, 15) is 18.4 Å². The number of ether oxygens (including phenoxy) is 1. The molecule has 0 bridgehead atoms. The Morgan fingerprint density at radius 1 is 1.07 bits per heavy atom. The Balaban J connectivity index is 2.08. The molecule has 0 aliphatic carbocycles. The quantitative estimate of drug-likeness (QED) is 0.727. The first-order chi connectivity index (χ1) is 12.9.